The van der Waals surface area contributed by atoms with Gasteiger partial charge in [0.1, 0.15) is 5.76 Å². The van der Waals surface area contributed by atoms with Gasteiger partial charge in [0.2, 0.25) is 0 Å². The Bertz CT molecular complexity index is 667. The van der Waals surface area contributed by atoms with Crippen molar-refractivity contribution in [2.75, 3.05) is 24.5 Å². The van der Waals surface area contributed by atoms with Crippen LogP contribution in [-0.2, 0) is 12.8 Å². The third-order valence-electron chi connectivity index (χ3n) is 4.56. The van der Waals surface area contributed by atoms with Gasteiger partial charge in [-0.2, -0.15) is 0 Å². The first-order chi connectivity index (χ1) is 11.8. The number of rotatable bonds is 7. The van der Waals surface area contributed by atoms with Crippen molar-refractivity contribution in [3.05, 3.63) is 47.3 Å². The quantitative estimate of drug-likeness (QED) is 0.794. The second-order valence-electron chi connectivity index (χ2n) is 6.16. The van der Waals surface area contributed by atoms with Crippen molar-refractivity contribution in [1.29, 1.82) is 0 Å². The minimum Gasteiger partial charge on any atom is -0.372 e. The van der Waals surface area contributed by atoms with Crippen LogP contribution < -0.4 is 10.2 Å². The number of carbonyl (C=O) groups is 1. The molecular formula is C19H25N3O2. The van der Waals surface area contributed by atoms with Gasteiger partial charge in [0.05, 0.1) is 0 Å². The van der Waals surface area contributed by atoms with E-state index < -0.39 is 0 Å². The summed E-state index contributed by atoms with van der Waals surface area (Å²) in [5.41, 5.74) is 2.72. The highest BCUT2D eigenvalue weighted by Gasteiger charge is 2.23. The smallest absolute Gasteiger partial charge is 0.273 e. The van der Waals surface area contributed by atoms with Crippen molar-refractivity contribution in [2.24, 2.45) is 0 Å². The minimum atomic E-state index is -0.107. The van der Waals surface area contributed by atoms with Crippen molar-refractivity contribution in [2.45, 2.75) is 39.0 Å². The molecule has 0 spiro atoms. The van der Waals surface area contributed by atoms with Crippen LogP contribution in [-0.4, -0.2) is 30.7 Å². The summed E-state index contributed by atoms with van der Waals surface area (Å²) in [5, 5.41) is 6.96. The summed E-state index contributed by atoms with van der Waals surface area (Å²) in [4.78, 5) is 14.6. The fraction of sp³-hybridized carbons (Fsp3) is 0.474. The Morgan fingerprint density at radius 1 is 1.25 bits per heavy atom. The fourth-order valence-corrected chi connectivity index (χ4v) is 3.23. The number of nitrogens with zero attached hydrogens (tertiary/aromatic N) is 2. The molecule has 0 aliphatic heterocycles. The number of para-hydroxylation sites is 1. The molecule has 0 saturated carbocycles. The Morgan fingerprint density at radius 2 is 2.04 bits per heavy atom. The lowest BCUT2D eigenvalue weighted by molar-refractivity contribution is 0.0943. The maximum absolute atomic E-state index is 12.3. The topological polar surface area (TPSA) is 58.4 Å². The molecule has 0 unspecified atom stereocenters. The third kappa shape index (κ3) is 3.78. The minimum absolute atomic E-state index is 0.107. The van der Waals surface area contributed by atoms with E-state index in [0.717, 1.165) is 56.5 Å². The van der Waals surface area contributed by atoms with E-state index in [1.807, 2.05) is 18.2 Å². The monoisotopic (exact) mass is 327 g/mol. The molecule has 0 fully saturated rings. The van der Waals surface area contributed by atoms with Gasteiger partial charge in [-0.1, -0.05) is 23.4 Å². The van der Waals surface area contributed by atoms with Gasteiger partial charge in [-0.25, -0.2) is 0 Å². The first-order valence-electron chi connectivity index (χ1n) is 8.85. The van der Waals surface area contributed by atoms with E-state index in [0.29, 0.717) is 12.2 Å². The molecule has 1 aromatic heterocycles. The normalized spacial score (nSPS) is 13.4. The maximum atomic E-state index is 12.3. The first-order valence-corrected chi connectivity index (χ1v) is 8.85. The molecule has 1 heterocycles. The van der Waals surface area contributed by atoms with Crippen LogP contribution in [0.5, 0.6) is 0 Å². The standard InChI is InChI=1S/C19H25N3O2/c1-2-22(15-9-4-3-5-10-15)14-8-13-20-19(23)18-16-11-6-7-12-17(16)24-21-18/h3-5,9-10H,2,6-8,11-14H2,1H3,(H,20,23). The van der Waals surface area contributed by atoms with Crippen molar-refractivity contribution in [3.8, 4) is 0 Å². The first kappa shape index (κ1) is 16.6. The van der Waals surface area contributed by atoms with Crippen LogP contribution in [0.2, 0.25) is 0 Å². The molecular weight excluding hydrogens is 302 g/mol. The number of nitrogens with one attached hydrogen (secondary N) is 1. The zero-order valence-electron chi connectivity index (χ0n) is 14.3. The van der Waals surface area contributed by atoms with Gasteiger partial charge in [0, 0.05) is 37.3 Å². The van der Waals surface area contributed by atoms with Crippen LogP contribution in [0.3, 0.4) is 0 Å². The van der Waals surface area contributed by atoms with Crippen molar-refractivity contribution in [1.82, 2.24) is 10.5 Å². The molecule has 1 aliphatic rings. The summed E-state index contributed by atoms with van der Waals surface area (Å²) < 4.78 is 5.31. The largest absolute Gasteiger partial charge is 0.372 e. The second-order valence-corrected chi connectivity index (χ2v) is 6.16. The van der Waals surface area contributed by atoms with E-state index in [2.05, 4.69) is 34.4 Å². The molecule has 0 bridgehead atoms. The molecule has 0 atom stereocenters. The Labute approximate surface area is 143 Å². The van der Waals surface area contributed by atoms with E-state index in [1.165, 1.54) is 5.69 Å². The second kappa shape index (κ2) is 7.99. The van der Waals surface area contributed by atoms with Gasteiger partial charge >= 0.3 is 0 Å². The average molecular weight is 327 g/mol. The van der Waals surface area contributed by atoms with E-state index in [4.69, 9.17) is 4.52 Å². The van der Waals surface area contributed by atoms with Crippen LogP contribution in [0, 0.1) is 0 Å². The van der Waals surface area contributed by atoms with Crippen molar-refractivity contribution < 1.29 is 9.32 Å². The predicted octanol–water partition coefficient (Wildman–Crippen LogP) is 3.20. The van der Waals surface area contributed by atoms with Crippen LogP contribution in [0.15, 0.2) is 34.9 Å². The number of aryl methyl sites for hydroxylation is 1. The van der Waals surface area contributed by atoms with E-state index in [9.17, 15) is 4.79 Å². The molecule has 1 aliphatic carbocycles. The predicted molar refractivity (Wildman–Crippen MR) is 94.4 cm³/mol. The third-order valence-corrected chi connectivity index (χ3v) is 4.56. The van der Waals surface area contributed by atoms with Gasteiger partial charge in [0.15, 0.2) is 5.69 Å². The Morgan fingerprint density at radius 3 is 2.83 bits per heavy atom. The highest BCUT2D eigenvalue weighted by Crippen LogP contribution is 2.24. The molecule has 3 rings (SSSR count). The Kier molecular flexibility index (Phi) is 5.51. The SMILES string of the molecule is CCN(CCCNC(=O)c1noc2c1CCCC2)c1ccccc1. The summed E-state index contributed by atoms with van der Waals surface area (Å²) in [6.07, 6.45) is 4.93. The van der Waals surface area contributed by atoms with Crippen LogP contribution in [0.4, 0.5) is 5.69 Å². The lowest BCUT2D eigenvalue weighted by Crippen LogP contribution is -2.30. The summed E-state index contributed by atoms with van der Waals surface area (Å²) in [5.74, 6) is 0.789. The van der Waals surface area contributed by atoms with Crippen LogP contribution in [0.1, 0.15) is 48.0 Å². The van der Waals surface area contributed by atoms with Gasteiger partial charge in [0.25, 0.3) is 5.91 Å². The fourth-order valence-electron chi connectivity index (χ4n) is 3.23. The Balaban J connectivity index is 1.48. The van der Waals surface area contributed by atoms with Crippen LogP contribution in [0.25, 0.3) is 0 Å². The Hall–Kier alpha value is -2.30. The zero-order valence-corrected chi connectivity index (χ0v) is 14.3. The van der Waals surface area contributed by atoms with E-state index in [-0.39, 0.29) is 5.91 Å². The van der Waals surface area contributed by atoms with E-state index >= 15 is 0 Å². The molecule has 0 saturated heterocycles. The summed E-state index contributed by atoms with van der Waals surface area (Å²) in [7, 11) is 0. The number of hydrogen-bond acceptors (Lipinski definition) is 4. The van der Waals surface area contributed by atoms with Crippen LogP contribution >= 0.6 is 0 Å². The van der Waals surface area contributed by atoms with Crippen molar-refractivity contribution >= 4 is 11.6 Å². The lowest BCUT2D eigenvalue weighted by Gasteiger charge is -2.23. The number of carbonyl (C=O) groups excluding carboxylic acids is 1. The highest BCUT2D eigenvalue weighted by atomic mass is 16.5. The molecule has 24 heavy (non-hydrogen) atoms. The number of amides is 1. The summed E-state index contributed by atoms with van der Waals surface area (Å²) in [6.45, 7) is 4.66. The number of benzene rings is 1. The zero-order chi connectivity index (χ0) is 16.8. The van der Waals surface area contributed by atoms with Gasteiger partial charge < -0.3 is 14.7 Å². The molecule has 1 amide bonds. The van der Waals surface area contributed by atoms with Gasteiger partial charge in [-0.3, -0.25) is 4.79 Å². The molecule has 5 nitrogen and oxygen atoms in total. The van der Waals surface area contributed by atoms with Gasteiger partial charge in [-0.05, 0) is 44.7 Å². The van der Waals surface area contributed by atoms with Gasteiger partial charge in [-0.15, -0.1) is 0 Å². The number of hydrogen-bond donors (Lipinski definition) is 1. The molecule has 1 aromatic carbocycles. The molecule has 1 N–H and O–H groups in total. The highest BCUT2D eigenvalue weighted by molar-refractivity contribution is 5.93. The number of anilines is 1. The molecule has 128 valence electrons. The molecule has 0 radical (unpaired) electrons. The molecule has 5 heteroatoms. The molecule has 2 aromatic rings. The summed E-state index contributed by atoms with van der Waals surface area (Å²) in [6, 6.07) is 10.4. The lowest BCUT2D eigenvalue weighted by atomic mass is 9.96. The average Bonchev–Trinajstić information content (AvgIpc) is 3.06. The number of aromatic nitrogens is 1. The van der Waals surface area contributed by atoms with E-state index in [1.54, 1.807) is 0 Å². The van der Waals surface area contributed by atoms with Crippen molar-refractivity contribution in [3.63, 3.8) is 0 Å². The summed E-state index contributed by atoms with van der Waals surface area (Å²) >= 11 is 0. The number of fused-ring (bicyclic) bond motifs is 1. The maximum Gasteiger partial charge on any atom is 0.273 e.